The van der Waals surface area contributed by atoms with E-state index >= 15 is 0 Å². The molecule has 0 radical (unpaired) electrons. The molecule has 126 valence electrons. The lowest BCUT2D eigenvalue weighted by Crippen LogP contribution is -2.47. The molecule has 9 nitrogen and oxygen atoms in total. The Kier molecular flexibility index (Phi) is 7.64. The number of nitro groups is 1. The average Bonchev–Trinajstić information content (AvgIpc) is 2.51. The lowest BCUT2D eigenvalue weighted by Gasteiger charge is -2.15. The molecule has 23 heavy (non-hydrogen) atoms. The van der Waals surface area contributed by atoms with Gasteiger partial charge in [0.2, 0.25) is 11.8 Å². The lowest BCUT2D eigenvalue weighted by atomic mass is 10.1. The van der Waals surface area contributed by atoms with Crippen molar-refractivity contribution in [2.75, 3.05) is 26.9 Å². The first-order chi connectivity index (χ1) is 10.9. The highest BCUT2D eigenvalue weighted by Gasteiger charge is 2.19. The van der Waals surface area contributed by atoms with Gasteiger partial charge in [0.15, 0.2) is 0 Å². The van der Waals surface area contributed by atoms with Gasteiger partial charge in [-0.25, -0.2) is 0 Å². The first kappa shape index (κ1) is 18.5. The van der Waals surface area contributed by atoms with Gasteiger partial charge in [0.05, 0.1) is 18.1 Å². The summed E-state index contributed by atoms with van der Waals surface area (Å²) in [6.07, 6.45) is 0.136. The number of non-ortho nitro benzene ring substituents is 1. The number of hydrogen-bond acceptors (Lipinski definition) is 6. The zero-order valence-electron chi connectivity index (χ0n) is 12.7. The van der Waals surface area contributed by atoms with Gasteiger partial charge in [0.1, 0.15) is 12.6 Å². The number of hydrogen-bond donors (Lipinski definition) is 2. The predicted octanol–water partition coefficient (Wildman–Crippen LogP) is -0.230. The summed E-state index contributed by atoms with van der Waals surface area (Å²) in [6.45, 7) is 0.399. The van der Waals surface area contributed by atoms with Gasteiger partial charge in [-0.15, -0.1) is 0 Å². The third kappa shape index (κ3) is 6.85. The molecule has 3 N–H and O–H groups in total. The summed E-state index contributed by atoms with van der Waals surface area (Å²) in [5, 5.41) is 13.1. The largest absolute Gasteiger partial charge is 0.382 e. The Morgan fingerprint density at radius 1 is 1.30 bits per heavy atom. The van der Waals surface area contributed by atoms with Crippen LogP contribution in [-0.2, 0) is 25.5 Å². The van der Waals surface area contributed by atoms with Crippen LogP contribution in [0, 0.1) is 10.1 Å². The van der Waals surface area contributed by atoms with E-state index in [2.05, 4.69) is 5.32 Å². The molecule has 0 aromatic heterocycles. The zero-order chi connectivity index (χ0) is 17.2. The predicted molar refractivity (Wildman–Crippen MR) is 80.6 cm³/mol. The monoisotopic (exact) mass is 325 g/mol. The quantitative estimate of drug-likeness (QED) is 0.347. The minimum Gasteiger partial charge on any atom is -0.382 e. The number of nitro benzene ring substituents is 1. The maximum atomic E-state index is 11.7. The van der Waals surface area contributed by atoms with Crippen molar-refractivity contribution in [2.45, 2.75) is 12.5 Å². The van der Waals surface area contributed by atoms with Crippen molar-refractivity contribution in [1.29, 1.82) is 0 Å². The van der Waals surface area contributed by atoms with Crippen molar-refractivity contribution in [3.05, 3.63) is 39.9 Å². The van der Waals surface area contributed by atoms with Crippen molar-refractivity contribution in [1.82, 2.24) is 5.32 Å². The molecule has 0 heterocycles. The first-order valence-electron chi connectivity index (χ1n) is 6.82. The van der Waals surface area contributed by atoms with Crippen LogP contribution < -0.4 is 11.1 Å². The first-order valence-corrected chi connectivity index (χ1v) is 6.82. The number of ether oxygens (including phenoxy) is 2. The number of primary amides is 1. The van der Waals surface area contributed by atoms with E-state index in [1.54, 1.807) is 0 Å². The molecule has 0 fully saturated rings. The highest BCUT2D eigenvalue weighted by molar-refractivity contribution is 5.87. The second-order valence-corrected chi connectivity index (χ2v) is 4.70. The standard InChI is InChI=1S/C14H19N3O6/c1-22-6-7-23-9-13(18)16-12(14(15)19)8-10-2-4-11(5-3-10)17(20)21/h2-5,12H,6-9H2,1H3,(H2,15,19)(H,16,18)/t12-/m0/s1. The number of methoxy groups -OCH3 is 1. The van der Waals surface area contributed by atoms with Crippen LogP contribution in [0.3, 0.4) is 0 Å². The lowest BCUT2D eigenvalue weighted by molar-refractivity contribution is -0.384. The molecule has 0 bridgehead atoms. The molecule has 0 aliphatic rings. The maximum Gasteiger partial charge on any atom is 0.269 e. The molecule has 1 aromatic carbocycles. The molecular formula is C14H19N3O6. The van der Waals surface area contributed by atoms with Crippen LogP contribution in [0.2, 0.25) is 0 Å². The van der Waals surface area contributed by atoms with Crippen LogP contribution >= 0.6 is 0 Å². The number of nitrogens with zero attached hydrogens (tertiary/aromatic N) is 1. The summed E-state index contributed by atoms with van der Waals surface area (Å²) in [5.74, 6) is -1.18. The smallest absolute Gasteiger partial charge is 0.269 e. The number of nitrogens with two attached hydrogens (primary N) is 1. The van der Waals surface area contributed by atoms with E-state index in [9.17, 15) is 19.7 Å². The molecule has 0 aliphatic heterocycles. The molecule has 0 spiro atoms. The van der Waals surface area contributed by atoms with E-state index < -0.39 is 22.8 Å². The minimum absolute atomic E-state index is 0.0556. The second-order valence-electron chi connectivity index (χ2n) is 4.70. The summed E-state index contributed by atoms with van der Waals surface area (Å²) >= 11 is 0. The van der Waals surface area contributed by atoms with Gasteiger partial charge in [0, 0.05) is 25.7 Å². The Morgan fingerprint density at radius 2 is 1.96 bits per heavy atom. The average molecular weight is 325 g/mol. The summed E-state index contributed by atoms with van der Waals surface area (Å²) in [5.41, 5.74) is 5.85. The van der Waals surface area contributed by atoms with Gasteiger partial charge in [0.25, 0.3) is 5.69 Å². The molecule has 0 saturated carbocycles. The molecular weight excluding hydrogens is 306 g/mol. The van der Waals surface area contributed by atoms with Gasteiger partial charge in [-0.3, -0.25) is 19.7 Å². The van der Waals surface area contributed by atoms with E-state index in [1.165, 1.54) is 31.4 Å². The molecule has 1 aromatic rings. The van der Waals surface area contributed by atoms with Crippen LogP contribution in [0.1, 0.15) is 5.56 Å². The zero-order valence-corrected chi connectivity index (χ0v) is 12.7. The number of carbonyl (C=O) groups excluding carboxylic acids is 2. The number of nitrogens with one attached hydrogen (secondary N) is 1. The SMILES string of the molecule is COCCOCC(=O)N[C@@H](Cc1ccc([N+](=O)[O-])cc1)C(N)=O. The molecule has 1 atom stereocenters. The van der Waals surface area contributed by atoms with Crippen molar-refractivity contribution < 1.29 is 24.0 Å². The van der Waals surface area contributed by atoms with Crippen LogP contribution in [0.4, 0.5) is 5.69 Å². The Morgan fingerprint density at radius 3 is 2.48 bits per heavy atom. The fourth-order valence-corrected chi connectivity index (χ4v) is 1.76. The van der Waals surface area contributed by atoms with Gasteiger partial charge in [-0.2, -0.15) is 0 Å². The Balaban J connectivity index is 2.56. The molecule has 2 amide bonds. The number of amides is 2. The highest BCUT2D eigenvalue weighted by Crippen LogP contribution is 2.13. The number of rotatable bonds is 10. The van der Waals surface area contributed by atoms with E-state index in [4.69, 9.17) is 15.2 Å². The van der Waals surface area contributed by atoms with E-state index in [-0.39, 0.29) is 25.3 Å². The highest BCUT2D eigenvalue weighted by atomic mass is 16.6. The van der Waals surface area contributed by atoms with Gasteiger partial charge >= 0.3 is 0 Å². The molecule has 9 heteroatoms. The molecule has 0 saturated heterocycles. The van der Waals surface area contributed by atoms with Gasteiger partial charge in [-0.05, 0) is 5.56 Å². The maximum absolute atomic E-state index is 11.7. The van der Waals surface area contributed by atoms with Gasteiger partial charge < -0.3 is 20.5 Å². The van der Waals surface area contributed by atoms with E-state index in [0.29, 0.717) is 12.2 Å². The Labute approximate surface area is 132 Å². The third-order valence-corrected chi connectivity index (χ3v) is 2.93. The normalized spacial score (nSPS) is 11.7. The van der Waals surface area contributed by atoms with Gasteiger partial charge in [-0.1, -0.05) is 12.1 Å². The van der Waals surface area contributed by atoms with Crippen molar-refractivity contribution in [2.24, 2.45) is 5.73 Å². The topological polar surface area (TPSA) is 134 Å². The minimum atomic E-state index is -0.921. The fourth-order valence-electron chi connectivity index (χ4n) is 1.76. The van der Waals surface area contributed by atoms with Crippen LogP contribution in [0.15, 0.2) is 24.3 Å². The van der Waals surface area contributed by atoms with Crippen LogP contribution in [0.25, 0.3) is 0 Å². The Bertz CT molecular complexity index is 546. The summed E-state index contributed by atoms with van der Waals surface area (Å²) < 4.78 is 9.81. The van der Waals surface area contributed by atoms with Crippen LogP contribution in [0.5, 0.6) is 0 Å². The summed E-state index contributed by atoms with van der Waals surface area (Å²) in [6, 6.07) is 4.74. The molecule has 0 aliphatic carbocycles. The number of carbonyl (C=O) groups is 2. The van der Waals surface area contributed by atoms with Crippen molar-refractivity contribution in [3.63, 3.8) is 0 Å². The van der Waals surface area contributed by atoms with Crippen molar-refractivity contribution in [3.8, 4) is 0 Å². The molecule has 0 unspecified atom stereocenters. The van der Waals surface area contributed by atoms with Crippen molar-refractivity contribution >= 4 is 17.5 Å². The van der Waals surface area contributed by atoms with Crippen LogP contribution in [-0.4, -0.2) is 49.7 Å². The Hall–Kier alpha value is -2.52. The van der Waals surface area contributed by atoms with E-state index in [1.807, 2.05) is 0 Å². The summed E-state index contributed by atoms with van der Waals surface area (Å²) in [4.78, 5) is 33.2. The third-order valence-electron chi connectivity index (χ3n) is 2.93. The fraction of sp³-hybridized carbons (Fsp3) is 0.429. The second kappa shape index (κ2) is 9.49. The number of benzene rings is 1. The summed E-state index contributed by atoms with van der Waals surface area (Å²) in [7, 11) is 1.51. The van der Waals surface area contributed by atoms with E-state index in [0.717, 1.165) is 0 Å². The molecule has 1 rings (SSSR count).